The van der Waals surface area contributed by atoms with Crippen LogP contribution < -0.4 is 26.0 Å². The lowest BCUT2D eigenvalue weighted by Crippen LogP contribution is -2.35. The number of aliphatic hydroxyl groups excluding tert-OH is 1. The molecule has 2 amide bonds. The number of benzene rings is 1. The average Bonchev–Trinajstić information content (AvgIpc) is 3.47. The van der Waals surface area contributed by atoms with Gasteiger partial charge in [0.1, 0.15) is 5.69 Å². The van der Waals surface area contributed by atoms with Crippen molar-refractivity contribution in [2.75, 3.05) is 32.1 Å². The van der Waals surface area contributed by atoms with Crippen molar-refractivity contribution in [3.63, 3.8) is 0 Å². The van der Waals surface area contributed by atoms with Crippen LogP contribution in [0.4, 0.5) is 5.69 Å². The number of carbonyl (C=O) groups is 2. The Balaban J connectivity index is 1.33. The zero-order valence-electron chi connectivity index (χ0n) is 25.8. The molecule has 5 rings (SSSR count). The van der Waals surface area contributed by atoms with Crippen LogP contribution in [0.1, 0.15) is 45.6 Å². The third kappa shape index (κ3) is 7.69. The van der Waals surface area contributed by atoms with Gasteiger partial charge < -0.3 is 31.1 Å². The standard InChI is InChI=1S/C34H39N7O4/c1-21-27(5-4-6-28(21)40-33(44)30-17-23(11-13-37-30)18-35-15-16-42)32-22(2)26(12-14-38-32)29-9-7-24(34(41-29)45-3)19-36-20-25-8-10-31(43)39-25/h4-7,9,11-14,17,25,35-36,42H,8,10,15-16,18-20H2,1-3H3,(H,39,43)(H,40,44)/t25-/m0/s1. The molecule has 0 aliphatic carbocycles. The fraction of sp³-hybridized carbons (Fsp3) is 0.324. The first-order chi connectivity index (χ1) is 21.9. The molecule has 0 spiro atoms. The highest BCUT2D eigenvalue weighted by Gasteiger charge is 2.21. The number of aromatic nitrogens is 3. The Morgan fingerprint density at radius 3 is 2.64 bits per heavy atom. The van der Waals surface area contributed by atoms with Crippen molar-refractivity contribution in [3.8, 4) is 28.4 Å². The van der Waals surface area contributed by atoms with Crippen molar-refractivity contribution in [3.05, 3.63) is 88.9 Å². The minimum absolute atomic E-state index is 0.0457. The van der Waals surface area contributed by atoms with E-state index in [9.17, 15) is 9.59 Å². The molecular weight excluding hydrogens is 570 g/mol. The third-order valence-electron chi connectivity index (χ3n) is 7.92. The van der Waals surface area contributed by atoms with E-state index in [1.165, 1.54) is 0 Å². The lowest BCUT2D eigenvalue weighted by atomic mass is 9.96. The maximum atomic E-state index is 13.1. The minimum atomic E-state index is -0.309. The largest absolute Gasteiger partial charge is 0.481 e. The van der Waals surface area contributed by atoms with E-state index in [0.29, 0.717) is 49.9 Å². The second-order valence-corrected chi connectivity index (χ2v) is 11.0. The van der Waals surface area contributed by atoms with Crippen LogP contribution in [0.2, 0.25) is 0 Å². The van der Waals surface area contributed by atoms with Crippen molar-refractivity contribution in [1.82, 2.24) is 30.9 Å². The Bertz CT molecular complexity index is 1680. The molecule has 0 saturated carbocycles. The Labute approximate surface area is 262 Å². The SMILES string of the molecule is COc1nc(-c2ccnc(-c3cccc(NC(=O)c4cc(CNCCO)ccn4)c3C)c2C)ccc1CNC[C@@H]1CCC(=O)N1. The van der Waals surface area contributed by atoms with Crippen LogP contribution in [0.25, 0.3) is 22.5 Å². The molecule has 1 fully saturated rings. The molecule has 0 radical (unpaired) electrons. The van der Waals surface area contributed by atoms with Crippen LogP contribution in [0, 0.1) is 13.8 Å². The van der Waals surface area contributed by atoms with Crippen molar-refractivity contribution < 1.29 is 19.4 Å². The topological polar surface area (TPSA) is 150 Å². The number of aliphatic hydroxyl groups is 1. The lowest BCUT2D eigenvalue weighted by molar-refractivity contribution is -0.119. The van der Waals surface area contributed by atoms with Crippen LogP contribution in [0.3, 0.4) is 0 Å². The fourth-order valence-corrected chi connectivity index (χ4v) is 5.46. The summed E-state index contributed by atoms with van der Waals surface area (Å²) in [5.74, 6) is 0.333. The van der Waals surface area contributed by atoms with E-state index in [4.69, 9.17) is 19.8 Å². The van der Waals surface area contributed by atoms with E-state index in [-0.39, 0.29) is 24.5 Å². The highest BCUT2D eigenvalue weighted by molar-refractivity contribution is 6.04. The number of hydrogen-bond donors (Lipinski definition) is 5. The van der Waals surface area contributed by atoms with Gasteiger partial charge in [-0.2, -0.15) is 0 Å². The number of hydrogen-bond acceptors (Lipinski definition) is 9. The molecule has 1 aliphatic heterocycles. The summed E-state index contributed by atoms with van der Waals surface area (Å²) >= 11 is 0. The van der Waals surface area contributed by atoms with Gasteiger partial charge in [-0.3, -0.25) is 19.6 Å². The van der Waals surface area contributed by atoms with E-state index in [1.54, 1.807) is 25.6 Å². The zero-order chi connectivity index (χ0) is 31.8. The molecule has 1 atom stereocenters. The molecule has 4 aromatic rings. The van der Waals surface area contributed by atoms with Crippen molar-refractivity contribution in [1.29, 1.82) is 0 Å². The molecule has 0 unspecified atom stereocenters. The van der Waals surface area contributed by atoms with Crippen molar-refractivity contribution in [2.45, 2.75) is 45.8 Å². The Hall–Kier alpha value is -4.71. The molecule has 4 heterocycles. The molecule has 1 aliphatic rings. The fourth-order valence-electron chi connectivity index (χ4n) is 5.46. The predicted octanol–water partition coefficient (Wildman–Crippen LogP) is 3.53. The van der Waals surface area contributed by atoms with Crippen LogP contribution >= 0.6 is 0 Å². The second-order valence-electron chi connectivity index (χ2n) is 11.0. The maximum absolute atomic E-state index is 13.1. The molecule has 11 heteroatoms. The van der Waals surface area contributed by atoms with Gasteiger partial charge >= 0.3 is 0 Å². The summed E-state index contributed by atoms with van der Waals surface area (Å²) in [5, 5.41) is 21.5. The number of methoxy groups -OCH3 is 1. The normalized spacial score (nSPS) is 14.3. The van der Waals surface area contributed by atoms with Gasteiger partial charge in [0.25, 0.3) is 5.91 Å². The molecule has 45 heavy (non-hydrogen) atoms. The molecule has 1 saturated heterocycles. The molecule has 0 bridgehead atoms. The van der Waals surface area contributed by atoms with E-state index in [0.717, 1.165) is 51.2 Å². The number of nitrogens with zero attached hydrogens (tertiary/aromatic N) is 3. The highest BCUT2D eigenvalue weighted by Crippen LogP contribution is 2.34. The first-order valence-electron chi connectivity index (χ1n) is 15.1. The van der Waals surface area contributed by atoms with Gasteiger partial charge in [-0.05, 0) is 67.3 Å². The van der Waals surface area contributed by atoms with Gasteiger partial charge in [-0.15, -0.1) is 0 Å². The van der Waals surface area contributed by atoms with Gasteiger partial charge in [0.15, 0.2) is 0 Å². The number of anilines is 1. The molecule has 3 aromatic heterocycles. The quantitative estimate of drug-likeness (QED) is 0.143. The molecular formula is C34H39N7O4. The van der Waals surface area contributed by atoms with Gasteiger partial charge in [-0.1, -0.05) is 18.2 Å². The van der Waals surface area contributed by atoms with Gasteiger partial charge in [-0.25, -0.2) is 4.98 Å². The molecule has 1 aromatic carbocycles. The lowest BCUT2D eigenvalue weighted by Gasteiger charge is -2.16. The molecule has 234 valence electrons. The van der Waals surface area contributed by atoms with E-state index in [1.807, 2.05) is 56.3 Å². The van der Waals surface area contributed by atoms with Crippen LogP contribution in [-0.4, -0.2) is 64.7 Å². The first-order valence-corrected chi connectivity index (χ1v) is 15.1. The summed E-state index contributed by atoms with van der Waals surface area (Å²) in [4.78, 5) is 38.4. The smallest absolute Gasteiger partial charge is 0.274 e. The molecule has 11 nitrogen and oxygen atoms in total. The number of pyridine rings is 3. The molecule has 5 N–H and O–H groups in total. The first kappa shape index (κ1) is 31.7. The third-order valence-corrected chi connectivity index (χ3v) is 7.92. The van der Waals surface area contributed by atoms with Crippen LogP contribution in [0.15, 0.2) is 60.9 Å². The maximum Gasteiger partial charge on any atom is 0.274 e. The highest BCUT2D eigenvalue weighted by atomic mass is 16.5. The summed E-state index contributed by atoms with van der Waals surface area (Å²) in [5.41, 5.74) is 8.02. The van der Waals surface area contributed by atoms with Crippen LogP contribution in [0.5, 0.6) is 5.88 Å². The Morgan fingerprint density at radius 2 is 1.87 bits per heavy atom. The van der Waals surface area contributed by atoms with Gasteiger partial charge in [0, 0.05) is 73.4 Å². The summed E-state index contributed by atoms with van der Waals surface area (Å²) in [6, 6.07) is 15.4. The predicted molar refractivity (Wildman–Crippen MR) is 173 cm³/mol. The zero-order valence-corrected chi connectivity index (χ0v) is 25.8. The van der Waals surface area contributed by atoms with Gasteiger partial charge in [0.2, 0.25) is 11.8 Å². The summed E-state index contributed by atoms with van der Waals surface area (Å²) in [6.07, 6.45) is 4.79. The Morgan fingerprint density at radius 1 is 1.02 bits per heavy atom. The Kier molecular flexibility index (Phi) is 10.5. The number of nitrogens with one attached hydrogen (secondary N) is 4. The van der Waals surface area contributed by atoms with Crippen LogP contribution in [-0.2, 0) is 17.9 Å². The average molecular weight is 610 g/mol. The summed E-state index contributed by atoms with van der Waals surface area (Å²) < 4.78 is 5.65. The monoisotopic (exact) mass is 609 g/mol. The number of amides is 2. The number of carbonyl (C=O) groups excluding carboxylic acids is 2. The summed E-state index contributed by atoms with van der Waals surface area (Å²) in [6.45, 7) is 6.28. The van der Waals surface area contributed by atoms with Gasteiger partial charge in [0.05, 0.1) is 25.1 Å². The van der Waals surface area contributed by atoms with E-state index >= 15 is 0 Å². The number of ether oxygens (including phenoxy) is 1. The summed E-state index contributed by atoms with van der Waals surface area (Å²) in [7, 11) is 1.61. The van der Waals surface area contributed by atoms with Crippen molar-refractivity contribution in [2.24, 2.45) is 0 Å². The van der Waals surface area contributed by atoms with Crippen molar-refractivity contribution >= 4 is 17.5 Å². The van der Waals surface area contributed by atoms with E-state index in [2.05, 4.69) is 26.3 Å². The number of rotatable bonds is 13. The minimum Gasteiger partial charge on any atom is -0.481 e. The van der Waals surface area contributed by atoms with E-state index < -0.39 is 0 Å². The second kappa shape index (κ2) is 14.8.